The van der Waals surface area contributed by atoms with Crippen LogP contribution in [0.2, 0.25) is 0 Å². The number of ether oxygens (including phenoxy) is 1. The molecule has 0 spiro atoms. The van der Waals surface area contributed by atoms with Crippen molar-refractivity contribution in [2.24, 2.45) is 0 Å². The van der Waals surface area contributed by atoms with Crippen LogP contribution >= 0.6 is 11.3 Å². The Labute approximate surface area is 329 Å². The number of thiazole rings is 1. The molecule has 0 bridgehead atoms. The topological polar surface area (TPSA) is 30.2 Å². The number of nitrogens with zero attached hydrogens (tertiary/aromatic N) is 1. The Hall–Kier alpha value is -6.14. The lowest BCUT2D eigenvalue weighted by molar-refractivity contribution is -0.683. The molecule has 25 heteroatoms. The lowest BCUT2D eigenvalue weighted by Crippen LogP contribution is -2.81. The van der Waals surface area contributed by atoms with E-state index in [9.17, 15) is 57.5 Å². The average molecular weight is 913 g/mol. The zero-order valence-corrected chi connectivity index (χ0v) is 29.9. The summed E-state index contributed by atoms with van der Waals surface area (Å²) in [6, 6.07) is 7.49. The second-order valence-electron chi connectivity index (χ2n) is 12.1. The number of halogens is 20. The van der Waals surface area contributed by atoms with E-state index < -0.39 is 144 Å². The van der Waals surface area contributed by atoms with E-state index in [0.29, 0.717) is 12.1 Å². The predicted octanol–water partition coefficient (Wildman–Crippen LogP) is 7.72. The van der Waals surface area contributed by atoms with E-state index in [0.717, 1.165) is 5.56 Å². The third kappa shape index (κ3) is 7.20. The molecule has 0 saturated heterocycles. The molecular weight excluding hydrogens is 901 g/mol. The summed E-state index contributed by atoms with van der Waals surface area (Å²) in [5.41, 5.74) is -10.7. The van der Waals surface area contributed by atoms with Crippen molar-refractivity contribution in [3.8, 4) is 0 Å². The molecule has 0 unspecified atom stereocenters. The first-order chi connectivity index (χ1) is 28.5. The molecule has 5 aromatic carbocycles. The molecule has 0 aliphatic carbocycles. The first-order valence-corrected chi connectivity index (χ1v) is 16.8. The molecule has 6 aromatic rings. The van der Waals surface area contributed by atoms with Crippen LogP contribution in [-0.4, -0.2) is 19.2 Å². The molecule has 6 rings (SSSR count). The highest BCUT2D eigenvalue weighted by Gasteiger charge is 2.52. The molecule has 0 aliphatic rings. The standard InChI is InChI=1S/C24BF20.C12H12NO2S/c26-5-1(6(27)14(35)21(42)13(5)34)25(2-7(28)15(36)22(43)16(37)8(2)29,3-9(30)17(38)23(44)18(39)10(3)31)4-11(32)19(40)24(45)20(41)12(4)33;1-15-12(14)11-5-3-2-4-10(11)8-13-6-7-16-9-13/h;2-7,9H,8H2,1H3/q-1;+1. The normalized spacial score (nSPS) is 11.5. The van der Waals surface area contributed by atoms with Crippen molar-refractivity contribution >= 4 is 45.3 Å². The fourth-order valence-electron chi connectivity index (χ4n) is 6.39. The molecule has 0 atom stereocenters. The van der Waals surface area contributed by atoms with Gasteiger partial charge >= 0.3 is 5.97 Å². The molecule has 0 radical (unpaired) electrons. The van der Waals surface area contributed by atoms with Crippen LogP contribution in [0.25, 0.3) is 0 Å². The van der Waals surface area contributed by atoms with Crippen LogP contribution in [0.15, 0.2) is 41.4 Å². The van der Waals surface area contributed by atoms with Crippen LogP contribution in [0.1, 0.15) is 15.9 Å². The third-order valence-electron chi connectivity index (χ3n) is 9.01. The molecular formula is C36H12BF20NO2S. The molecule has 3 nitrogen and oxygen atoms in total. The van der Waals surface area contributed by atoms with E-state index in [4.69, 9.17) is 4.74 Å². The second-order valence-corrected chi connectivity index (χ2v) is 12.9. The van der Waals surface area contributed by atoms with Gasteiger partial charge in [0.1, 0.15) is 52.7 Å². The van der Waals surface area contributed by atoms with Crippen molar-refractivity contribution in [2.45, 2.75) is 6.54 Å². The maximum Gasteiger partial charge on any atom is 0.338 e. The van der Waals surface area contributed by atoms with Crippen LogP contribution in [0, 0.1) is 116 Å². The van der Waals surface area contributed by atoms with Gasteiger partial charge in [0, 0.05) is 5.56 Å². The number of benzene rings is 5. The summed E-state index contributed by atoms with van der Waals surface area (Å²) >= 11 is 1.63. The summed E-state index contributed by atoms with van der Waals surface area (Å²) in [5.74, 6) is -71.7. The van der Waals surface area contributed by atoms with E-state index in [1.54, 1.807) is 17.4 Å². The maximum atomic E-state index is 15.4. The first kappa shape index (κ1) is 45.9. The van der Waals surface area contributed by atoms with Gasteiger partial charge in [0.05, 0.1) is 18.1 Å². The van der Waals surface area contributed by atoms with E-state index >= 15 is 35.1 Å². The fraction of sp³-hybridized carbons (Fsp3) is 0.0556. The number of aromatic nitrogens is 1. The largest absolute Gasteiger partial charge is 0.465 e. The predicted molar refractivity (Wildman–Crippen MR) is 171 cm³/mol. The van der Waals surface area contributed by atoms with Crippen molar-refractivity contribution in [1.82, 2.24) is 0 Å². The fourth-order valence-corrected chi connectivity index (χ4v) is 6.99. The average Bonchev–Trinajstić information content (AvgIpc) is 3.76. The quantitative estimate of drug-likeness (QED) is 0.0411. The van der Waals surface area contributed by atoms with Crippen molar-refractivity contribution in [3.63, 3.8) is 0 Å². The Balaban J connectivity index is 0.000000366. The highest BCUT2D eigenvalue weighted by Crippen LogP contribution is 2.30. The maximum absolute atomic E-state index is 15.4. The Morgan fingerprint density at radius 2 is 0.754 bits per heavy atom. The Morgan fingerprint density at radius 1 is 0.475 bits per heavy atom. The van der Waals surface area contributed by atoms with Crippen molar-refractivity contribution in [1.29, 1.82) is 0 Å². The number of esters is 1. The van der Waals surface area contributed by atoms with E-state index in [1.807, 2.05) is 39.9 Å². The van der Waals surface area contributed by atoms with Gasteiger partial charge in [-0.1, -0.05) is 29.5 Å². The van der Waals surface area contributed by atoms with Gasteiger partial charge < -0.3 is 4.74 Å². The van der Waals surface area contributed by atoms with Crippen LogP contribution < -0.4 is 26.4 Å². The highest BCUT2D eigenvalue weighted by molar-refractivity contribution is 7.20. The minimum absolute atomic E-state index is 0.286. The number of hydrogen-bond acceptors (Lipinski definition) is 3. The van der Waals surface area contributed by atoms with Gasteiger partial charge in [-0.05, 0) is 6.07 Å². The lowest BCUT2D eigenvalue weighted by Gasteiger charge is -2.44. The molecule has 1 heterocycles. The second kappa shape index (κ2) is 17.1. The number of hydrogen-bond donors (Lipinski definition) is 0. The molecule has 61 heavy (non-hydrogen) atoms. The number of methoxy groups -OCH3 is 1. The van der Waals surface area contributed by atoms with Crippen molar-refractivity contribution in [2.75, 3.05) is 7.11 Å². The van der Waals surface area contributed by atoms with Crippen LogP contribution in [0.3, 0.4) is 0 Å². The smallest absolute Gasteiger partial charge is 0.338 e. The number of carbonyl (C=O) groups is 1. The summed E-state index contributed by atoms with van der Waals surface area (Å²) in [4.78, 5) is 11.5. The number of rotatable bonds is 7. The zero-order chi connectivity index (χ0) is 45.7. The van der Waals surface area contributed by atoms with Gasteiger partial charge in [-0.25, -0.2) is 92.6 Å². The first-order valence-electron chi connectivity index (χ1n) is 15.8. The SMILES string of the molecule is COC(=O)c1ccccc1C[n+]1ccsc1.Fc1c(F)c(F)c([B-](c2c(F)c(F)c(F)c(F)c2F)(c2c(F)c(F)c(F)c(F)c2F)c2c(F)c(F)c(F)c(F)c2F)c(F)c1F. The lowest BCUT2D eigenvalue weighted by atomic mass is 9.12. The van der Waals surface area contributed by atoms with Gasteiger partial charge in [0.15, 0.2) is 82.5 Å². The summed E-state index contributed by atoms with van der Waals surface area (Å²) in [6.45, 7) is 0.689. The van der Waals surface area contributed by atoms with E-state index in [-0.39, 0.29) is 5.97 Å². The van der Waals surface area contributed by atoms with Crippen LogP contribution in [-0.2, 0) is 11.3 Å². The van der Waals surface area contributed by atoms with E-state index in [1.165, 1.54) is 7.11 Å². The Bertz CT molecular complexity index is 2370. The minimum atomic E-state index is -7.22. The molecule has 322 valence electrons. The summed E-state index contributed by atoms with van der Waals surface area (Å²) < 4.78 is 301. The number of carbonyl (C=O) groups excluding carboxylic acids is 1. The minimum Gasteiger partial charge on any atom is -0.465 e. The highest BCUT2D eigenvalue weighted by atomic mass is 32.1. The van der Waals surface area contributed by atoms with Gasteiger partial charge in [0.2, 0.25) is 5.51 Å². The summed E-state index contributed by atoms with van der Waals surface area (Å²) in [7, 11) is 1.40. The zero-order valence-electron chi connectivity index (χ0n) is 29.1. The van der Waals surface area contributed by atoms with Gasteiger partial charge in [0.25, 0.3) is 0 Å². The Kier molecular flexibility index (Phi) is 12.9. The molecule has 0 saturated carbocycles. The van der Waals surface area contributed by atoms with Gasteiger partial charge in [-0.15, -0.1) is 21.9 Å². The van der Waals surface area contributed by atoms with E-state index in [2.05, 4.69) is 0 Å². The Morgan fingerprint density at radius 3 is 1.02 bits per heavy atom. The van der Waals surface area contributed by atoms with Crippen LogP contribution in [0.4, 0.5) is 87.8 Å². The van der Waals surface area contributed by atoms with Gasteiger partial charge in [-0.3, -0.25) is 0 Å². The van der Waals surface area contributed by atoms with Crippen molar-refractivity contribution in [3.05, 3.63) is 169 Å². The molecule has 0 amide bonds. The molecule has 1 aromatic heterocycles. The summed E-state index contributed by atoms with van der Waals surface area (Å²) in [6.07, 6.45) is -5.23. The molecule has 0 N–H and O–H groups in total. The third-order valence-corrected chi connectivity index (χ3v) is 9.68. The summed E-state index contributed by atoms with van der Waals surface area (Å²) in [5, 5.41) is 2.00. The molecule has 0 aliphatic heterocycles. The van der Waals surface area contributed by atoms with Crippen LogP contribution in [0.5, 0.6) is 0 Å². The monoisotopic (exact) mass is 913 g/mol. The molecule has 0 fully saturated rings. The van der Waals surface area contributed by atoms with Crippen molar-refractivity contribution < 1.29 is 102 Å². The van der Waals surface area contributed by atoms with Gasteiger partial charge in [-0.2, -0.15) is 4.57 Å².